The summed E-state index contributed by atoms with van der Waals surface area (Å²) in [6.07, 6.45) is 1.09. The molecule has 0 aromatic heterocycles. The third kappa shape index (κ3) is 4.32. The second kappa shape index (κ2) is 6.48. The van der Waals surface area contributed by atoms with Crippen molar-refractivity contribution < 1.29 is 0 Å². The SMILES string of the molecule is CCNC(CC(C)C)c1cc(Cl)cc(Cl)c1. The summed E-state index contributed by atoms with van der Waals surface area (Å²) in [4.78, 5) is 0. The van der Waals surface area contributed by atoms with Gasteiger partial charge in [-0.1, -0.05) is 44.0 Å². The highest BCUT2D eigenvalue weighted by Crippen LogP contribution is 2.27. The van der Waals surface area contributed by atoms with Crippen LogP contribution in [0.2, 0.25) is 10.0 Å². The van der Waals surface area contributed by atoms with E-state index in [9.17, 15) is 0 Å². The van der Waals surface area contributed by atoms with Crippen LogP contribution in [-0.4, -0.2) is 6.54 Å². The Morgan fingerprint density at radius 3 is 2.12 bits per heavy atom. The van der Waals surface area contributed by atoms with Gasteiger partial charge in [0.2, 0.25) is 0 Å². The summed E-state index contributed by atoms with van der Waals surface area (Å²) >= 11 is 12.0. The van der Waals surface area contributed by atoms with Crippen molar-refractivity contribution in [3.63, 3.8) is 0 Å². The molecule has 16 heavy (non-hydrogen) atoms. The summed E-state index contributed by atoms with van der Waals surface area (Å²) in [6, 6.07) is 6.08. The highest BCUT2D eigenvalue weighted by atomic mass is 35.5. The van der Waals surface area contributed by atoms with Gasteiger partial charge in [0.05, 0.1) is 0 Å². The number of rotatable bonds is 5. The normalized spacial score (nSPS) is 13.1. The molecule has 0 radical (unpaired) electrons. The molecule has 0 aliphatic heterocycles. The van der Waals surface area contributed by atoms with Gasteiger partial charge in [0, 0.05) is 16.1 Å². The molecule has 0 bridgehead atoms. The van der Waals surface area contributed by atoms with Crippen LogP contribution in [0.4, 0.5) is 0 Å². The van der Waals surface area contributed by atoms with E-state index in [1.807, 2.05) is 12.1 Å². The minimum Gasteiger partial charge on any atom is -0.310 e. The third-order valence-electron chi connectivity index (χ3n) is 2.44. The first kappa shape index (κ1) is 13.8. The molecule has 0 amide bonds. The van der Waals surface area contributed by atoms with Gasteiger partial charge in [0.15, 0.2) is 0 Å². The number of hydrogen-bond acceptors (Lipinski definition) is 1. The summed E-state index contributed by atoms with van der Waals surface area (Å²) in [5.74, 6) is 0.641. The molecule has 1 aromatic rings. The van der Waals surface area contributed by atoms with Gasteiger partial charge in [0.25, 0.3) is 0 Å². The molecule has 1 unspecified atom stereocenters. The predicted molar refractivity (Wildman–Crippen MR) is 72.3 cm³/mol. The average molecular weight is 260 g/mol. The quantitative estimate of drug-likeness (QED) is 0.809. The molecule has 1 atom stereocenters. The van der Waals surface area contributed by atoms with E-state index < -0.39 is 0 Å². The Morgan fingerprint density at radius 2 is 1.69 bits per heavy atom. The summed E-state index contributed by atoms with van der Waals surface area (Å²) in [6.45, 7) is 7.49. The molecule has 1 nitrogen and oxygen atoms in total. The van der Waals surface area contributed by atoms with Crippen molar-refractivity contribution >= 4 is 23.2 Å². The van der Waals surface area contributed by atoms with Crippen LogP contribution >= 0.6 is 23.2 Å². The van der Waals surface area contributed by atoms with Crippen LogP contribution in [0.5, 0.6) is 0 Å². The molecule has 1 aromatic carbocycles. The number of hydrogen-bond donors (Lipinski definition) is 1. The summed E-state index contributed by atoms with van der Waals surface area (Å²) in [5, 5.41) is 4.87. The lowest BCUT2D eigenvalue weighted by Gasteiger charge is -2.20. The maximum absolute atomic E-state index is 6.02. The minimum absolute atomic E-state index is 0.334. The molecule has 0 heterocycles. The van der Waals surface area contributed by atoms with E-state index in [1.54, 1.807) is 6.07 Å². The van der Waals surface area contributed by atoms with Gasteiger partial charge in [-0.3, -0.25) is 0 Å². The van der Waals surface area contributed by atoms with Crippen LogP contribution in [0.1, 0.15) is 38.8 Å². The van der Waals surface area contributed by atoms with Gasteiger partial charge < -0.3 is 5.32 Å². The van der Waals surface area contributed by atoms with E-state index in [2.05, 4.69) is 26.1 Å². The molecular formula is C13H19Cl2N. The van der Waals surface area contributed by atoms with E-state index in [-0.39, 0.29) is 0 Å². The van der Waals surface area contributed by atoms with Gasteiger partial charge >= 0.3 is 0 Å². The van der Waals surface area contributed by atoms with Crippen LogP contribution in [-0.2, 0) is 0 Å². The van der Waals surface area contributed by atoms with Crippen LogP contribution < -0.4 is 5.32 Å². The van der Waals surface area contributed by atoms with Gasteiger partial charge in [0.1, 0.15) is 0 Å². The van der Waals surface area contributed by atoms with Crippen LogP contribution in [0.25, 0.3) is 0 Å². The molecule has 1 rings (SSSR count). The Kier molecular flexibility index (Phi) is 5.60. The molecule has 90 valence electrons. The first-order valence-corrected chi connectivity index (χ1v) is 6.48. The maximum Gasteiger partial charge on any atom is 0.0424 e. The van der Waals surface area contributed by atoms with Crippen LogP contribution in [0, 0.1) is 5.92 Å². The Morgan fingerprint density at radius 1 is 1.12 bits per heavy atom. The molecule has 0 saturated carbocycles. The van der Waals surface area contributed by atoms with Crippen molar-refractivity contribution in [2.45, 2.75) is 33.2 Å². The number of benzene rings is 1. The average Bonchev–Trinajstić information content (AvgIpc) is 2.14. The summed E-state index contributed by atoms with van der Waals surface area (Å²) in [7, 11) is 0. The van der Waals surface area contributed by atoms with Crippen molar-refractivity contribution in [2.75, 3.05) is 6.54 Å². The van der Waals surface area contributed by atoms with Gasteiger partial charge in [-0.2, -0.15) is 0 Å². The van der Waals surface area contributed by atoms with Crippen molar-refractivity contribution in [3.05, 3.63) is 33.8 Å². The zero-order valence-corrected chi connectivity index (χ0v) is 11.6. The Bertz CT molecular complexity index is 316. The van der Waals surface area contributed by atoms with E-state index in [0.29, 0.717) is 22.0 Å². The van der Waals surface area contributed by atoms with Crippen LogP contribution in [0.15, 0.2) is 18.2 Å². The maximum atomic E-state index is 6.02. The fraction of sp³-hybridized carbons (Fsp3) is 0.538. The van der Waals surface area contributed by atoms with E-state index in [4.69, 9.17) is 23.2 Å². The fourth-order valence-corrected chi connectivity index (χ4v) is 2.37. The van der Waals surface area contributed by atoms with E-state index >= 15 is 0 Å². The first-order chi connectivity index (χ1) is 7.52. The smallest absolute Gasteiger partial charge is 0.0424 e. The molecule has 0 spiro atoms. The third-order valence-corrected chi connectivity index (χ3v) is 2.88. The van der Waals surface area contributed by atoms with Gasteiger partial charge in [-0.05, 0) is 42.6 Å². The second-order valence-corrected chi connectivity index (χ2v) is 5.32. The Hall–Kier alpha value is -0.240. The molecule has 0 aliphatic carbocycles. The molecule has 1 N–H and O–H groups in total. The van der Waals surface area contributed by atoms with Gasteiger partial charge in [-0.25, -0.2) is 0 Å². The second-order valence-electron chi connectivity index (χ2n) is 4.44. The summed E-state index contributed by atoms with van der Waals surface area (Å²) < 4.78 is 0. The Labute approximate surface area is 108 Å². The number of nitrogens with one attached hydrogen (secondary N) is 1. The molecule has 0 aliphatic rings. The number of halogens is 2. The lowest BCUT2D eigenvalue weighted by molar-refractivity contribution is 0.438. The predicted octanol–water partition coefficient (Wildman–Crippen LogP) is 4.69. The zero-order chi connectivity index (χ0) is 12.1. The standard InChI is InChI=1S/C13H19Cl2N/c1-4-16-13(5-9(2)3)10-6-11(14)8-12(15)7-10/h6-9,13,16H,4-5H2,1-3H3. The van der Waals surface area contributed by atoms with Crippen molar-refractivity contribution in [3.8, 4) is 0 Å². The zero-order valence-electron chi connectivity index (χ0n) is 10.1. The van der Waals surface area contributed by atoms with Crippen molar-refractivity contribution in [2.24, 2.45) is 5.92 Å². The van der Waals surface area contributed by atoms with Gasteiger partial charge in [-0.15, -0.1) is 0 Å². The Balaban J connectivity index is 2.90. The largest absolute Gasteiger partial charge is 0.310 e. The lowest BCUT2D eigenvalue weighted by atomic mass is 9.97. The van der Waals surface area contributed by atoms with Crippen molar-refractivity contribution in [1.29, 1.82) is 0 Å². The molecule has 3 heteroatoms. The monoisotopic (exact) mass is 259 g/mol. The molecular weight excluding hydrogens is 241 g/mol. The molecule has 0 fully saturated rings. The van der Waals surface area contributed by atoms with E-state index in [1.165, 1.54) is 5.56 Å². The highest BCUT2D eigenvalue weighted by molar-refractivity contribution is 6.34. The lowest BCUT2D eigenvalue weighted by Crippen LogP contribution is -2.22. The topological polar surface area (TPSA) is 12.0 Å². The van der Waals surface area contributed by atoms with E-state index in [0.717, 1.165) is 13.0 Å². The first-order valence-electron chi connectivity index (χ1n) is 5.72. The van der Waals surface area contributed by atoms with Crippen molar-refractivity contribution in [1.82, 2.24) is 5.32 Å². The minimum atomic E-state index is 0.334. The summed E-state index contributed by atoms with van der Waals surface area (Å²) in [5.41, 5.74) is 1.17. The highest BCUT2D eigenvalue weighted by Gasteiger charge is 2.13. The fourth-order valence-electron chi connectivity index (χ4n) is 1.83. The molecule has 0 saturated heterocycles. The van der Waals surface area contributed by atoms with Crippen LogP contribution in [0.3, 0.4) is 0 Å².